The molecule has 216 valence electrons. The van der Waals surface area contributed by atoms with Gasteiger partial charge in [-0.1, -0.05) is 6.92 Å². The second-order valence-electron chi connectivity index (χ2n) is 11.5. The molecule has 1 N–H and O–H groups in total. The number of halogens is 3. The molecule has 1 aliphatic heterocycles. The van der Waals surface area contributed by atoms with E-state index in [0.717, 1.165) is 23.6 Å². The van der Waals surface area contributed by atoms with Gasteiger partial charge in [-0.25, -0.2) is 9.67 Å². The predicted molar refractivity (Wildman–Crippen MR) is 146 cm³/mol. The molecule has 1 aliphatic carbocycles. The Labute approximate surface area is 235 Å². The van der Waals surface area contributed by atoms with Crippen LogP contribution < -0.4 is 14.4 Å². The molecule has 1 amide bonds. The van der Waals surface area contributed by atoms with Gasteiger partial charge in [0.05, 0.1) is 28.2 Å². The van der Waals surface area contributed by atoms with Crippen LogP contribution in [0.4, 0.5) is 19.0 Å². The van der Waals surface area contributed by atoms with Crippen molar-refractivity contribution in [3.8, 4) is 11.7 Å². The van der Waals surface area contributed by atoms with Gasteiger partial charge in [0.15, 0.2) is 5.82 Å². The Morgan fingerprint density at radius 3 is 2.58 bits per heavy atom. The maximum atomic E-state index is 13.4. The van der Waals surface area contributed by atoms with Gasteiger partial charge >= 0.3 is 6.18 Å². The minimum absolute atomic E-state index is 0.0672. The molecule has 3 aromatic rings. The van der Waals surface area contributed by atoms with E-state index in [0.29, 0.717) is 23.1 Å². The number of rotatable bonds is 9. The van der Waals surface area contributed by atoms with Gasteiger partial charge in [0.2, 0.25) is 5.88 Å². The maximum Gasteiger partial charge on any atom is 0.394 e. The number of carbonyl (C=O) groups is 1. The Morgan fingerprint density at radius 1 is 1.23 bits per heavy atom. The molecule has 4 heterocycles. The summed E-state index contributed by atoms with van der Waals surface area (Å²) < 4.78 is 51.3. The van der Waals surface area contributed by atoms with Gasteiger partial charge in [-0.3, -0.25) is 14.2 Å². The van der Waals surface area contributed by atoms with Crippen molar-refractivity contribution in [3.63, 3.8) is 0 Å². The SMILES string of the molecule is Cc1nn(C)cc1SNC(=O)c1ccc(-n2ccc(OCCC3(C(F)(F)F)CC3)n2)nc1N1CC(C)CC1(C)C. The Hall–Kier alpha value is -3.22. The number of hydrogen-bond acceptors (Lipinski definition) is 7. The molecule has 13 heteroatoms. The third kappa shape index (κ3) is 5.65. The fourth-order valence-corrected chi connectivity index (χ4v) is 6.14. The molecule has 0 bridgehead atoms. The summed E-state index contributed by atoms with van der Waals surface area (Å²) in [6.45, 7) is 9.00. The van der Waals surface area contributed by atoms with Crippen molar-refractivity contribution in [2.24, 2.45) is 18.4 Å². The van der Waals surface area contributed by atoms with Crippen molar-refractivity contribution in [3.05, 3.63) is 41.9 Å². The number of nitrogens with one attached hydrogen (secondary N) is 1. The zero-order valence-electron chi connectivity index (χ0n) is 23.2. The van der Waals surface area contributed by atoms with E-state index >= 15 is 0 Å². The fourth-order valence-electron chi connectivity index (χ4n) is 5.43. The number of anilines is 1. The molecule has 3 aromatic heterocycles. The average Bonchev–Trinajstić information content (AvgIpc) is 3.27. The quantitative estimate of drug-likeness (QED) is 0.337. The van der Waals surface area contributed by atoms with Crippen LogP contribution in [0.2, 0.25) is 0 Å². The van der Waals surface area contributed by atoms with Gasteiger partial charge < -0.3 is 9.64 Å². The summed E-state index contributed by atoms with van der Waals surface area (Å²) in [5.74, 6) is 1.38. The molecule has 1 saturated carbocycles. The Bertz CT molecular complexity index is 1400. The molecule has 5 rings (SSSR count). The zero-order valence-corrected chi connectivity index (χ0v) is 24.1. The molecule has 0 radical (unpaired) electrons. The van der Waals surface area contributed by atoms with Crippen LogP contribution >= 0.6 is 11.9 Å². The largest absolute Gasteiger partial charge is 0.477 e. The number of nitrogens with zero attached hydrogens (tertiary/aromatic N) is 6. The first-order valence-corrected chi connectivity index (χ1v) is 14.1. The van der Waals surface area contributed by atoms with Crippen molar-refractivity contribution >= 4 is 23.7 Å². The standard InChI is InChI=1S/C27H34F3N7O2S/c1-17-14-25(3,4)36(15-17)23-19(24(38)34-40-20-16-35(5)32-18(20)2)6-7-21(31-23)37-12-8-22(33-37)39-13-11-26(9-10-26)27(28,29)30/h6-8,12,16-17H,9-11,13-15H2,1-5H3,(H,34,38). The highest BCUT2D eigenvalue weighted by atomic mass is 32.2. The van der Waals surface area contributed by atoms with Crippen molar-refractivity contribution in [2.45, 2.75) is 70.0 Å². The molecule has 1 atom stereocenters. The fraction of sp³-hybridized carbons (Fsp3) is 0.556. The van der Waals surface area contributed by atoms with Gasteiger partial charge in [0.25, 0.3) is 5.91 Å². The molecule has 0 aromatic carbocycles. The normalized spacial score (nSPS) is 19.6. The minimum Gasteiger partial charge on any atom is -0.477 e. The van der Waals surface area contributed by atoms with Gasteiger partial charge in [0.1, 0.15) is 5.82 Å². The molecule has 2 fully saturated rings. The number of ether oxygens (including phenoxy) is 1. The second kappa shape index (κ2) is 10.3. The zero-order chi connectivity index (χ0) is 28.9. The smallest absolute Gasteiger partial charge is 0.394 e. The topological polar surface area (TPSA) is 90.1 Å². The van der Waals surface area contributed by atoms with Gasteiger partial charge in [-0.05, 0) is 76.5 Å². The minimum atomic E-state index is -4.21. The molecule has 9 nitrogen and oxygen atoms in total. The van der Waals surface area contributed by atoms with Gasteiger partial charge in [-0.15, -0.1) is 5.10 Å². The first-order valence-electron chi connectivity index (χ1n) is 13.3. The number of amides is 1. The summed E-state index contributed by atoms with van der Waals surface area (Å²) in [6.07, 6.45) is 0.437. The highest BCUT2D eigenvalue weighted by molar-refractivity contribution is 7.98. The molecule has 2 aliphatic rings. The van der Waals surface area contributed by atoms with E-state index in [1.165, 1.54) is 16.6 Å². The second-order valence-corrected chi connectivity index (χ2v) is 12.4. The lowest BCUT2D eigenvalue weighted by atomic mass is 9.97. The summed E-state index contributed by atoms with van der Waals surface area (Å²) in [6, 6.07) is 5.03. The number of carbonyl (C=O) groups excluding carboxylic acids is 1. The first-order chi connectivity index (χ1) is 18.8. The third-order valence-corrected chi connectivity index (χ3v) is 8.65. The summed E-state index contributed by atoms with van der Waals surface area (Å²) in [5, 5.41) is 8.70. The van der Waals surface area contributed by atoms with Gasteiger partial charge in [-0.2, -0.15) is 18.3 Å². The predicted octanol–water partition coefficient (Wildman–Crippen LogP) is 5.48. The van der Waals surface area contributed by atoms with E-state index in [4.69, 9.17) is 9.72 Å². The summed E-state index contributed by atoms with van der Waals surface area (Å²) in [7, 11) is 1.83. The average molecular weight is 578 g/mol. The van der Waals surface area contributed by atoms with Crippen LogP contribution in [0, 0.1) is 18.3 Å². The van der Waals surface area contributed by atoms with E-state index < -0.39 is 11.6 Å². The lowest BCUT2D eigenvalue weighted by Crippen LogP contribution is -2.40. The highest BCUT2D eigenvalue weighted by Gasteiger charge is 2.62. The van der Waals surface area contributed by atoms with Crippen LogP contribution in [-0.4, -0.2) is 55.3 Å². The Kier molecular flexibility index (Phi) is 7.30. The molecule has 1 saturated heterocycles. The van der Waals surface area contributed by atoms with Crippen LogP contribution in [0.15, 0.2) is 35.5 Å². The van der Waals surface area contributed by atoms with E-state index in [1.807, 2.05) is 20.2 Å². The van der Waals surface area contributed by atoms with Crippen LogP contribution in [-0.2, 0) is 7.05 Å². The molecule has 40 heavy (non-hydrogen) atoms. The summed E-state index contributed by atoms with van der Waals surface area (Å²) in [5.41, 5.74) is -0.581. The van der Waals surface area contributed by atoms with E-state index in [9.17, 15) is 18.0 Å². The highest BCUT2D eigenvalue weighted by Crippen LogP contribution is 2.59. The van der Waals surface area contributed by atoms with E-state index in [-0.39, 0.29) is 43.2 Å². The molecule has 0 spiro atoms. The summed E-state index contributed by atoms with van der Waals surface area (Å²) >= 11 is 1.21. The lowest BCUT2D eigenvalue weighted by molar-refractivity contribution is -0.190. The van der Waals surface area contributed by atoms with Crippen molar-refractivity contribution in [1.82, 2.24) is 29.3 Å². The number of pyridine rings is 1. The van der Waals surface area contributed by atoms with Crippen LogP contribution in [0.5, 0.6) is 5.88 Å². The third-order valence-electron chi connectivity index (χ3n) is 7.74. The Balaban J connectivity index is 1.36. The van der Waals surface area contributed by atoms with E-state index in [2.05, 4.69) is 40.6 Å². The number of aryl methyl sites for hydroxylation is 2. The number of alkyl halides is 3. The molecule has 1 unspecified atom stereocenters. The van der Waals surface area contributed by atoms with Crippen LogP contribution in [0.1, 0.15) is 62.5 Å². The number of aromatic nitrogens is 5. The first kappa shape index (κ1) is 28.3. The van der Waals surface area contributed by atoms with E-state index in [1.54, 1.807) is 29.1 Å². The monoisotopic (exact) mass is 577 g/mol. The van der Waals surface area contributed by atoms with Crippen molar-refractivity contribution < 1.29 is 22.7 Å². The Morgan fingerprint density at radius 2 is 1.98 bits per heavy atom. The van der Waals surface area contributed by atoms with Crippen molar-refractivity contribution in [2.75, 3.05) is 18.1 Å². The van der Waals surface area contributed by atoms with Crippen LogP contribution in [0.3, 0.4) is 0 Å². The lowest BCUT2D eigenvalue weighted by Gasteiger charge is -2.34. The molecular formula is C27H34F3N7O2S. The maximum absolute atomic E-state index is 13.4. The number of hydrogen-bond donors (Lipinski definition) is 1. The molecular weight excluding hydrogens is 543 g/mol. The van der Waals surface area contributed by atoms with Crippen molar-refractivity contribution in [1.29, 1.82) is 0 Å². The summed E-state index contributed by atoms with van der Waals surface area (Å²) in [4.78, 5) is 21.3. The van der Waals surface area contributed by atoms with Gasteiger partial charge in [0, 0.05) is 37.6 Å². The van der Waals surface area contributed by atoms with Crippen LogP contribution in [0.25, 0.3) is 5.82 Å².